The number of benzene rings is 1. The number of carbonyl (C=O) groups excluding carboxylic acids is 2. The monoisotopic (exact) mass is 458 g/mol. The molecule has 0 spiro atoms. The van der Waals surface area contributed by atoms with E-state index in [9.17, 15) is 14.7 Å². The molecule has 172 valence electrons. The maximum absolute atomic E-state index is 14.0. The van der Waals surface area contributed by atoms with Gasteiger partial charge in [0.1, 0.15) is 5.75 Å². The normalized spacial score (nSPS) is 25.2. The average Bonchev–Trinajstić information content (AvgIpc) is 3.44. The van der Waals surface area contributed by atoms with Gasteiger partial charge < -0.3 is 20.9 Å². The molecule has 2 aromatic heterocycles. The van der Waals surface area contributed by atoms with E-state index in [4.69, 9.17) is 10.5 Å². The summed E-state index contributed by atoms with van der Waals surface area (Å²) < 4.78 is 7.48. The number of hydrogen-bond donors (Lipinski definition) is 3. The molecule has 34 heavy (non-hydrogen) atoms. The highest BCUT2D eigenvalue weighted by atomic mass is 16.6. The predicted octanol–water partition coefficient (Wildman–Crippen LogP) is 1.47. The number of Topliss-reactive ketones (excluding diaryl/α,β-unsaturated/α-hetero) is 1. The van der Waals surface area contributed by atoms with Crippen molar-refractivity contribution in [2.45, 2.75) is 43.9 Å². The zero-order chi connectivity index (χ0) is 23.8. The number of nitrogens with zero attached hydrogens (tertiary/aromatic N) is 4. The van der Waals surface area contributed by atoms with Crippen LogP contribution in [0.5, 0.6) is 5.75 Å². The number of ketones is 1. The van der Waals surface area contributed by atoms with E-state index in [1.54, 1.807) is 36.5 Å². The lowest BCUT2D eigenvalue weighted by Crippen LogP contribution is -2.62. The van der Waals surface area contributed by atoms with Crippen LogP contribution in [0.1, 0.15) is 54.1 Å². The van der Waals surface area contributed by atoms with Crippen LogP contribution < -0.4 is 15.8 Å². The van der Waals surface area contributed by atoms with Crippen molar-refractivity contribution in [1.29, 1.82) is 0 Å². The standard InChI is InChI=1S/C24H22N6O4/c1-12(2)13-8-9-15-18(11-13)34-24(33)16-6-3-7-17(25)19(16)20(31)23(15,24)26-22(32)14-5-4-10-30-21(14)27-28-29-30/h4-6,8-12,33H,3,7,25H2,1-2H3,(H,26,32). The van der Waals surface area contributed by atoms with E-state index in [2.05, 4.69) is 20.8 Å². The summed E-state index contributed by atoms with van der Waals surface area (Å²) in [6.45, 7) is 4.07. The largest absolute Gasteiger partial charge is 0.454 e. The van der Waals surface area contributed by atoms with E-state index >= 15 is 0 Å². The molecule has 1 fully saturated rings. The minimum atomic E-state index is -2.14. The van der Waals surface area contributed by atoms with Crippen LogP contribution in [0.15, 0.2) is 59.4 Å². The molecule has 4 N–H and O–H groups in total. The van der Waals surface area contributed by atoms with E-state index in [-0.39, 0.29) is 28.3 Å². The van der Waals surface area contributed by atoms with Crippen molar-refractivity contribution in [3.63, 3.8) is 0 Å². The van der Waals surface area contributed by atoms with Crippen molar-refractivity contribution in [1.82, 2.24) is 25.4 Å². The lowest BCUT2D eigenvalue weighted by molar-refractivity contribution is -0.152. The molecule has 1 aromatic carbocycles. The van der Waals surface area contributed by atoms with Gasteiger partial charge in [-0.3, -0.25) is 9.59 Å². The highest BCUT2D eigenvalue weighted by Crippen LogP contribution is 2.59. The molecule has 0 radical (unpaired) electrons. The first kappa shape index (κ1) is 20.5. The maximum Gasteiger partial charge on any atom is 0.270 e. The molecule has 3 aromatic rings. The summed E-state index contributed by atoms with van der Waals surface area (Å²) in [5.41, 5.74) is 6.89. The third-order valence-corrected chi connectivity index (χ3v) is 6.90. The van der Waals surface area contributed by atoms with Crippen molar-refractivity contribution in [2.75, 3.05) is 0 Å². The maximum atomic E-state index is 14.0. The summed E-state index contributed by atoms with van der Waals surface area (Å²) in [5.74, 6) is -2.74. The van der Waals surface area contributed by atoms with Crippen molar-refractivity contribution in [2.24, 2.45) is 5.73 Å². The van der Waals surface area contributed by atoms with Crippen molar-refractivity contribution in [3.05, 3.63) is 76.1 Å². The number of nitrogens with two attached hydrogens (primary N) is 1. The summed E-state index contributed by atoms with van der Waals surface area (Å²) in [6.07, 6.45) is 4.39. The number of allylic oxidation sites excluding steroid dienone is 2. The molecule has 2 atom stereocenters. The fourth-order valence-electron chi connectivity index (χ4n) is 5.17. The summed E-state index contributed by atoms with van der Waals surface area (Å²) in [7, 11) is 0. The van der Waals surface area contributed by atoms with E-state index in [0.717, 1.165) is 5.56 Å². The number of fused-ring (bicyclic) bond motifs is 6. The Morgan fingerprint density at radius 3 is 2.94 bits per heavy atom. The molecule has 1 saturated carbocycles. The Hall–Kier alpha value is -4.05. The fourth-order valence-corrected chi connectivity index (χ4v) is 5.17. The predicted molar refractivity (Wildman–Crippen MR) is 120 cm³/mol. The molecule has 1 aliphatic heterocycles. The zero-order valence-electron chi connectivity index (χ0n) is 18.6. The quantitative estimate of drug-likeness (QED) is 0.535. The molecule has 3 aliphatic rings. The first-order chi connectivity index (χ1) is 16.3. The van der Waals surface area contributed by atoms with Crippen molar-refractivity contribution in [3.8, 4) is 5.75 Å². The smallest absolute Gasteiger partial charge is 0.270 e. The molecule has 2 unspecified atom stereocenters. The number of aromatic nitrogens is 4. The number of aliphatic hydroxyl groups is 1. The van der Waals surface area contributed by atoms with Gasteiger partial charge in [0, 0.05) is 28.6 Å². The Morgan fingerprint density at radius 1 is 1.32 bits per heavy atom. The lowest BCUT2D eigenvalue weighted by atomic mass is 9.82. The molecule has 3 heterocycles. The SMILES string of the molecule is CC(C)c1ccc2c(c1)OC1(O)C3=CCCC(N)=C3C(=O)C21NC(=O)c1cccn2nnnc12. The van der Waals surface area contributed by atoms with Crippen LogP contribution in [0.2, 0.25) is 0 Å². The van der Waals surface area contributed by atoms with Crippen LogP contribution in [-0.2, 0) is 10.3 Å². The van der Waals surface area contributed by atoms with Gasteiger partial charge in [-0.2, -0.15) is 4.52 Å². The van der Waals surface area contributed by atoms with E-state index in [1.807, 2.05) is 19.9 Å². The van der Waals surface area contributed by atoms with Crippen molar-refractivity contribution >= 4 is 17.3 Å². The Kier molecular flexibility index (Phi) is 4.07. The third-order valence-electron chi connectivity index (χ3n) is 6.90. The molecule has 0 bridgehead atoms. The molecule has 0 saturated heterocycles. The van der Waals surface area contributed by atoms with Gasteiger partial charge in [0.25, 0.3) is 11.7 Å². The second-order valence-corrected chi connectivity index (χ2v) is 9.12. The average molecular weight is 458 g/mol. The molecule has 6 rings (SSSR count). The summed E-state index contributed by atoms with van der Waals surface area (Å²) in [4.78, 5) is 27.6. The summed E-state index contributed by atoms with van der Waals surface area (Å²) in [5, 5.41) is 26.2. The Bertz CT molecular complexity index is 1470. The van der Waals surface area contributed by atoms with Crippen LogP contribution >= 0.6 is 0 Å². The number of tetrazole rings is 1. The van der Waals surface area contributed by atoms with Crippen LogP contribution in [-0.4, -0.2) is 42.6 Å². The fraction of sp³-hybridized carbons (Fsp3) is 0.292. The number of pyridine rings is 1. The second-order valence-electron chi connectivity index (χ2n) is 9.12. The van der Waals surface area contributed by atoms with Gasteiger partial charge in [-0.05, 0) is 52.9 Å². The molecule has 2 aliphatic carbocycles. The van der Waals surface area contributed by atoms with Gasteiger partial charge in [-0.25, -0.2) is 0 Å². The summed E-state index contributed by atoms with van der Waals surface area (Å²) >= 11 is 0. The van der Waals surface area contributed by atoms with Gasteiger partial charge in [0.05, 0.1) is 5.56 Å². The number of hydrogen-bond acceptors (Lipinski definition) is 8. The zero-order valence-corrected chi connectivity index (χ0v) is 18.6. The first-order valence-electron chi connectivity index (χ1n) is 11.1. The number of rotatable bonds is 3. The first-order valence-corrected chi connectivity index (χ1v) is 11.1. The topological polar surface area (TPSA) is 145 Å². The lowest BCUT2D eigenvalue weighted by Gasteiger charge is -2.34. The Balaban J connectivity index is 1.57. The molecular formula is C24H22N6O4. The molecule has 1 amide bonds. The van der Waals surface area contributed by atoms with Crippen LogP contribution in [0, 0.1) is 0 Å². The van der Waals surface area contributed by atoms with Gasteiger partial charge in [0.15, 0.2) is 5.65 Å². The highest BCUT2D eigenvalue weighted by Gasteiger charge is 2.74. The van der Waals surface area contributed by atoms with E-state index in [0.29, 0.717) is 29.9 Å². The molecule has 10 heteroatoms. The van der Waals surface area contributed by atoms with Gasteiger partial charge in [-0.1, -0.05) is 32.1 Å². The Labute approximate surface area is 194 Å². The van der Waals surface area contributed by atoms with Gasteiger partial charge >= 0.3 is 0 Å². The van der Waals surface area contributed by atoms with E-state index < -0.39 is 23.0 Å². The number of nitrogens with one attached hydrogen (secondary N) is 1. The number of ether oxygens (including phenoxy) is 1. The minimum Gasteiger partial charge on any atom is -0.454 e. The van der Waals surface area contributed by atoms with E-state index in [1.165, 1.54) is 4.52 Å². The second kappa shape index (κ2) is 6.73. The van der Waals surface area contributed by atoms with Crippen LogP contribution in [0.3, 0.4) is 0 Å². The van der Waals surface area contributed by atoms with Crippen LogP contribution in [0.4, 0.5) is 0 Å². The molecular weight excluding hydrogens is 436 g/mol. The van der Waals surface area contributed by atoms with Gasteiger partial charge in [-0.15, -0.1) is 5.10 Å². The summed E-state index contributed by atoms with van der Waals surface area (Å²) in [6, 6.07) is 8.58. The van der Waals surface area contributed by atoms with Gasteiger partial charge in [0.2, 0.25) is 11.3 Å². The Morgan fingerprint density at radius 2 is 2.15 bits per heavy atom. The number of amides is 1. The molecule has 10 nitrogen and oxygen atoms in total. The minimum absolute atomic E-state index is 0.148. The van der Waals surface area contributed by atoms with Crippen LogP contribution in [0.25, 0.3) is 5.65 Å². The number of carbonyl (C=O) groups is 2. The highest BCUT2D eigenvalue weighted by molar-refractivity contribution is 6.16. The third kappa shape index (κ3) is 2.40. The van der Waals surface area contributed by atoms with Crippen molar-refractivity contribution < 1.29 is 19.4 Å².